The summed E-state index contributed by atoms with van der Waals surface area (Å²) < 4.78 is 57.4. The van der Waals surface area contributed by atoms with Crippen molar-refractivity contribution < 1.29 is 52.2 Å². The van der Waals surface area contributed by atoms with Gasteiger partial charge in [-0.3, -0.25) is 4.90 Å². The predicted molar refractivity (Wildman–Crippen MR) is 195 cm³/mol. The lowest BCUT2D eigenvalue weighted by molar-refractivity contribution is -0.158. The third kappa shape index (κ3) is 10.6. The summed E-state index contributed by atoms with van der Waals surface area (Å²) >= 11 is 0. The lowest BCUT2D eigenvalue weighted by Crippen LogP contribution is -2.40. The zero-order valence-electron chi connectivity index (χ0n) is 32.2. The van der Waals surface area contributed by atoms with Crippen molar-refractivity contribution in [2.24, 2.45) is 5.92 Å². The van der Waals surface area contributed by atoms with Crippen LogP contribution in [0.3, 0.4) is 0 Å². The predicted octanol–water partition coefficient (Wildman–Crippen LogP) is 8.12. The second-order valence-electron chi connectivity index (χ2n) is 15.0. The molecule has 2 aliphatic heterocycles. The topological polar surface area (TPSA) is 122 Å². The Kier molecular flexibility index (Phi) is 12.8. The molecule has 0 aliphatic carbocycles. The van der Waals surface area contributed by atoms with Gasteiger partial charge in [-0.05, 0) is 90.3 Å². The van der Waals surface area contributed by atoms with Crippen LogP contribution in [0.15, 0.2) is 54.4 Å². The minimum Gasteiger partial charge on any atom is -0.497 e. The quantitative estimate of drug-likeness (QED) is 0.203. The summed E-state index contributed by atoms with van der Waals surface area (Å²) in [7, 11) is 1.58. The van der Waals surface area contributed by atoms with E-state index in [9.17, 15) is 14.7 Å². The number of nitrogens with zero attached hydrogens (tertiary/aromatic N) is 1. The molecule has 2 aliphatic rings. The number of amides is 1. The first-order valence-electron chi connectivity index (χ1n) is 17.7. The largest absolute Gasteiger partial charge is 0.497 e. The van der Waals surface area contributed by atoms with Crippen LogP contribution in [0.4, 0.5) is 14.9 Å². The van der Waals surface area contributed by atoms with Gasteiger partial charge in [0.25, 0.3) is 0 Å². The van der Waals surface area contributed by atoms with Gasteiger partial charge < -0.3 is 38.3 Å². The second kappa shape index (κ2) is 16.4. The number of fused-ring (bicyclic) bond motifs is 1. The smallest absolute Gasteiger partial charge is 0.414 e. The fourth-order valence-electron chi connectivity index (χ4n) is 5.86. The number of carbonyl (C=O) groups excluding carboxylic acids is 2. The van der Waals surface area contributed by atoms with Crippen LogP contribution in [0.25, 0.3) is 6.08 Å². The number of aliphatic hydroxyl groups is 1. The van der Waals surface area contributed by atoms with Crippen LogP contribution < -0.4 is 14.4 Å². The molecule has 11 nitrogen and oxygen atoms in total. The van der Waals surface area contributed by atoms with Crippen LogP contribution in [0.2, 0.25) is 0 Å². The molecule has 0 unspecified atom stereocenters. The molecule has 2 aromatic carbocycles. The molecule has 52 heavy (non-hydrogen) atoms. The Morgan fingerprint density at radius 1 is 1.06 bits per heavy atom. The van der Waals surface area contributed by atoms with Crippen molar-refractivity contribution >= 4 is 23.8 Å². The van der Waals surface area contributed by atoms with Crippen molar-refractivity contribution in [3.63, 3.8) is 0 Å². The number of aliphatic hydroxyl groups excluding tert-OH is 1. The molecular weight excluding hydrogens is 673 g/mol. The van der Waals surface area contributed by atoms with Crippen molar-refractivity contribution in [3.05, 3.63) is 71.1 Å². The number of hydrogen-bond donors (Lipinski definition) is 1. The molecule has 0 spiro atoms. The number of cyclic esters (lactones) is 1. The fraction of sp³-hybridized carbons (Fsp3) is 0.550. The van der Waals surface area contributed by atoms with E-state index in [4.69, 9.17) is 33.2 Å². The molecule has 1 N–H and O–H groups in total. The normalized spacial score (nSPS) is 21.5. The van der Waals surface area contributed by atoms with Crippen LogP contribution in [-0.2, 0) is 30.3 Å². The molecule has 0 saturated carbocycles. The molecule has 1 saturated heterocycles. The van der Waals surface area contributed by atoms with Crippen LogP contribution in [0.5, 0.6) is 11.5 Å². The molecule has 4 rings (SSSR count). The van der Waals surface area contributed by atoms with E-state index in [0.29, 0.717) is 23.5 Å². The van der Waals surface area contributed by atoms with Gasteiger partial charge >= 0.3 is 12.1 Å². The van der Waals surface area contributed by atoms with E-state index in [1.54, 1.807) is 106 Å². The van der Waals surface area contributed by atoms with Crippen LogP contribution >= 0.6 is 0 Å². The van der Waals surface area contributed by atoms with Gasteiger partial charge in [0, 0.05) is 32.4 Å². The van der Waals surface area contributed by atoms with Crippen molar-refractivity contribution in [1.29, 1.82) is 0 Å². The molecule has 2 aromatic rings. The summed E-state index contributed by atoms with van der Waals surface area (Å²) in [5.74, 6) is -3.03. The number of hydrogen-bond acceptors (Lipinski definition) is 10. The summed E-state index contributed by atoms with van der Waals surface area (Å²) in [6.45, 7) is 17.6. The Morgan fingerprint density at radius 3 is 2.33 bits per heavy atom. The average Bonchev–Trinajstić information content (AvgIpc) is 3.33. The van der Waals surface area contributed by atoms with Crippen molar-refractivity contribution in [3.8, 4) is 11.5 Å². The molecule has 1 amide bonds. The van der Waals surface area contributed by atoms with E-state index in [2.05, 4.69) is 0 Å². The highest BCUT2D eigenvalue weighted by Crippen LogP contribution is 2.39. The van der Waals surface area contributed by atoms with E-state index < -0.39 is 65.4 Å². The van der Waals surface area contributed by atoms with E-state index in [1.807, 2.05) is 19.1 Å². The number of benzene rings is 2. The zero-order valence-corrected chi connectivity index (χ0v) is 32.2. The first-order chi connectivity index (χ1) is 24.2. The highest BCUT2D eigenvalue weighted by Gasteiger charge is 2.47. The first-order valence-corrected chi connectivity index (χ1v) is 17.7. The zero-order chi connectivity index (χ0) is 38.6. The van der Waals surface area contributed by atoms with Gasteiger partial charge in [0.2, 0.25) is 5.79 Å². The summed E-state index contributed by atoms with van der Waals surface area (Å²) in [5.41, 5.74) is 1.17. The van der Waals surface area contributed by atoms with Gasteiger partial charge in [-0.25, -0.2) is 14.0 Å². The Labute approximate surface area is 306 Å². The Balaban J connectivity index is 1.68. The number of anilines is 1. The molecular formula is C40H54FNO10. The molecule has 286 valence electrons. The van der Waals surface area contributed by atoms with Crippen molar-refractivity contribution in [1.82, 2.24) is 0 Å². The third-order valence-electron chi connectivity index (χ3n) is 8.49. The lowest BCUT2D eigenvalue weighted by Gasteiger charge is -2.33. The number of methoxy groups -OCH3 is 1. The number of esters is 1. The Morgan fingerprint density at radius 2 is 1.73 bits per heavy atom. The second-order valence-corrected chi connectivity index (χ2v) is 15.0. The first kappa shape index (κ1) is 40.8. The van der Waals surface area contributed by atoms with Crippen LogP contribution in [-0.4, -0.2) is 72.4 Å². The van der Waals surface area contributed by atoms with Gasteiger partial charge in [0.1, 0.15) is 40.7 Å². The Bertz CT molecular complexity index is 1630. The molecule has 5 atom stereocenters. The van der Waals surface area contributed by atoms with E-state index in [1.165, 1.54) is 11.0 Å². The Hall–Kier alpha value is -3.97. The maximum absolute atomic E-state index is 16.1. The SMILES string of the molecule is CCN(C(=O)OC(C)(C)C)c1cc(/C=C/C[C@@H]2OC(C)(C)O[C@@H]2[C@H](OCc2ccc(OC)cc2)/C(F)=C\[C@@H](C)[C@H](C)O)c2c(c1)OC(C)(C)OC2=O. The molecule has 2 heterocycles. The standard InChI is InChI=1S/C40H54FNO10/c1-12-42(37(45)52-38(4,5)6)28-21-27(33-32(22-28)49-40(9,10)51-36(33)44)14-13-15-31-35(50-39(7,8)48-31)34(30(41)20-24(2)25(3)43)47-23-26-16-18-29(46-11)19-17-26/h13-14,16-22,24-25,31,34-35,43H,12,15,23H2,1-11H3/b14-13+,30-20+/t24-,25+,31+,34-,35+/m1/s1. The highest BCUT2D eigenvalue weighted by atomic mass is 19.1. The van der Waals surface area contributed by atoms with Crippen LogP contribution in [0, 0.1) is 5.92 Å². The monoisotopic (exact) mass is 727 g/mol. The number of halogens is 1. The summed E-state index contributed by atoms with van der Waals surface area (Å²) in [4.78, 5) is 28.0. The molecule has 0 aromatic heterocycles. The van der Waals surface area contributed by atoms with Gasteiger partial charge in [0.15, 0.2) is 5.79 Å². The number of rotatable bonds is 13. The van der Waals surface area contributed by atoms with E-state index in [-0.39, 0.29) is 24.3 Å². The van der Waals surface area contributed by atoms with Crippen molar-refractivity contribution in [2.75, 3.05) is 18.6 Å². The fourth-order valence-corrected chi connectivity index (χ4v) is 5.86. The van der Waals surface area contributed by atoms with E-state index in [0.717, 1.165) is 5.56 Å². The molecule has 12 heteroatoms. The van der Waals surface area contributed by atoms with Gasteiger partial charge in [-0.1, -0.05) is 31.2 Å². The number of ether oxygens (including phenoxy) is 7. The highest BCUT2D eigenvalue weighted by molar-refractivity contribution is 6.00. The van der Waals surface area contributed by atoms with Crippen LogP contribution in [0.1, 0.15) is 97.1 Å². The van der Waals surface area contributed by atoms with E-state index >= 15 is 4.39 Å². The molecule has 0 radical (unpaired) electrons. The minimum atomic E-state index is -1.23. The maximum Gasteiger partial charge on any atom is 0.414 e. The van der Waals surface area contributed by atoms with Crippen molar-refractivity contribution in [2.45, 2.75) is 124 Å². The number of carbonyl (C=O) groups is 2. The van der Waals surface area contributed by atoms with Gasteiger partial charge in [-0.15, -0.1) is 0 Å². The molecule has 0 bridgehead atoms. The van der Waals surface area contributed by atoms with Gasteiger partial charge in [0.05, 0.1) is 31.6 Å². The average molecular weight is 728 g/mol. The summed E-state index contributed by atoms with van der Waals surface area (Å²) in [6, 6.07) is 10.6. The van der Waals surface area contributed by atoms with Gasteiger partial charge in [-0.2, -0.15) is 0 Å². The third-order valence-corrected chi connectivity index (χ3v) is 8.49. The molecule has 1 fully saturated rings. The summed E-state index contributed by atoms with van der Waals surface area (Å²) in [5, 5.41) is 10.1. The maximum atomic E-state index is 16.1. The lowest BCUT2D eigenvalue weighted by atomic mass is 9.98. The summed E-state index contributed by atoms with van der Waals surface area (Å²) in [6.07, 6.45) is 1.02. The minimum absolute atomic E-state index is 0.0742.